The van der Waals surface area contributed by atoms with Crippen molar-refractivity contribution in [1.82, 2.24) is 67.5 Å². The minimum absolute atomic E-state index is 0.0300. The average molecular weight is 1110 g/mol. The van der Waals surface area contributed by atoms with Gasteiger partial charge in [-0.05, 0) is 61.2 Å². The summed E-state index contributed by atoms with van der Waals surface area (Å²) in [5, 5.41) is 31.5. The molecule has 0 saturated heterocycles. The number of amides is 8. The van der Waals surface area contributed by atoms with Crippen molar-refractivity contribution >= 4 is 81.9 Å². The first-order chi connectivity index (χ1) is 37.2. The van der Waals surface area contributed by atoms with E-state index in [1.807, 2.05) is 39.0 Å². The van der Waals surface area contributed by atoms with E-state index in [2.05, 4.69) is 72.4 Å². The minimum atomic E-state index is -1.35. The van der Waals surface area contributed by atoms with Gasteiger partial charge in [-0.2, -0.15) is 11.8 Å². The number of aliphatic imine (C=N–C) groups is 1. The Kier molecular flexibility index (Phi) is 25.6. The van der Waals surface area contributed by atoms with E-state index in [4.69, 9.17) is 17.2 Å². The maximum atomic E-state index is 14.3. The van der Waals surface area contributed by atoms with E-state index in [0.717, 1.165) is 10.9 Å². The lowest BCUT2D eigenvalue weighted by molar-refractivity contribution is -0.141. The third kappa shape index (κ3) is 20.8. The van der Waals surface area contributed by atoms with Crippen LogP contribution in [0.4, 0.5) is 0 Å². The van der Waals surface area contributed by atoms with Gasteiger partial charge in [-0.3, -0.25) is 43.3 Å². The topological polar surface area (TPSA) is 434 Å². The molecule has 18 N–H and O–H groups in total. The lowest BCUT2D eigenvalue weighted by atomic mass is 9.96. The Morgan fingerprint density at radius 3 is 1.83 bits per heavy atom. The number of hydrogen-bond acceptors (Lipinski definition) is 14. The molecule has 8 amide bonds. The predicted octanol–water partition coefficient (Wildman–Crippen LogP) is -1.91. The number of aromatic nitrogens is 5. The van der Waals surface area contributed by atoms with Gasteiger partial charge in [0.15, 0.2) is 5.96 Å². The molecule has 78 heavy (non-hydrogen) atoms. The Labute approximate surface area is 455 Å². The van der Waals surface area contributed by atoms with Crippen molar-refractivity contribution in [3.05, 3.63) is 72.5 Å². The summed E-state index contributed by atoms with van der Waals surface area (Å²) < 4.78 is 0. The summed E-state index contributed by atoms with van der Waals surface area (Å²) in [4.78, 5) is 142. The van der Waals surface area contributed by atoms with Crippen LogP contribution in [-0.2, 0) is 62.4 Å². The normalized spacial score (nSPS) is 14.2. The first-order valence-electron chi connectivity index (χ1n) is 25.6. The summed E-state index contributed by atoms with van der Waals surface area (Å²) in [5.41, 5.74) is 19.7. The van der Waals surface area contributed by atoms with Gasteiger partial charge in [-0.25, -0.2) is 14.8 Å². The minimum Gasteiger partial charge on any atom is -0.480 e. The molecule has 0 aliphatic heterocycles. The van der Waals surface area contributed by atoms with Gasteiger partial charge < -0.3 is 79.8 Å². The lowest BCUT2D eigenvalue weighted by Gasteiger charge is -2.28. The van der Waals surface area contributed by atoms with Crippen LogP contribution in [0.1, 0.15) is 76.8 Å². The summed E-state index contributed by atoms with van der Waals surface area (Å²) in [6, 6.07) is -1.16. The molecule has 4 aromatic rings. The molecular formula is C50H75N17O10S. The fraction of sp³-hybridized carbons (Fsp3) is 0.520. The van der Waals surface area contributed by atoms with Crippen LogP contribution in [0.5, 0.6) is 0 Å². The Morgan fingerprint density at radius 1 is 0.679 bits per heavy atom. The number of para-hydroxylation sites is 1. The number of imidazole rings is 2. The molecule has 27 nitrogen and oxygen atoms in total. The standard InChI is InChI=1S/C50H75N17O10S/c1-6-28(4)42(67-43(70)33(51)18-30-21-54-25-60-30)48(75)66-37(16-27(2)3)44(71)58-23-40(68)62-35(12-9-14-56-50(52)53)46(73)64-36(13-15-78-5)47(74)65-38(17-29-20-57-34-11-8-7-10-32(29)34)45(72)59-24-41(69)63-39(49(76)77)19-31-22-55-26-61-31/h7-8,10-11,20-22,25-28,33,35-39,42,57H,6,9,12-19,23-24,51H2,1-5H3,(H,54,60)(H,55,61)(H,58,71)(H,59,72)(H,62,68)(H,63,69)(H,64,73)(H,65,74)(H,66,75)(H,67,70)(H,76,77)(H4,52,53,56)/t28-,33-,35-,36-,37-,38-,39-,42-/m0/s1. The van der Waals surface area contributed by atoms with E-state index in [1.54, 1.807) is 25.4 Å². The maximum absolute atomic E-state index is 14.3. The van der Waals surface area contributed by atoms with Crippen LogP contribution in [0.15, 0.2) is 60.5 Å². The second-order valence-corrected chi connectivity index (χ2v) is 20.1. The van der Waals surface area contributed by atoms with Gasteiger partial charge in [-0.15, -0.1) is 0 Å². The molecule has 0 aliphatic rings. The number of hydrogen-bond donors (Lipinski definition) is 15. The maximum Gasteiger partial charge on any atom is 0.326 e. The van der Waals surface area contributed by atoms with E-state index in [-0.39, 0.29) is 69.3 Å². The van der Waals surface area contributed by atoms with Crippen molar-refractivity contribution in [3.8, 4) is 0 Å². The number of carbonyl (C=O) groups excluding carboxylic acids is 8. The van der Waals surface area contributed by atoms with E-state index >= 15 is 0 Å². The zero-order valence-corrected chi connectivity index (χ0v) is 45.3. The zero-order valence-electron chi connectivity index (χ0n) is 44.5. The highest BCUT2D eigenvalue weighted by Crippen LogP contribution is 2.20. The molecule has 1 aromatic carbocycles. The molecule has 3 aromatic heterocycles. The molecule has 0 saturated carbocycles. The van der Waals surface area contributed by atoms with Crippen LogP contribution in [0.3, 0.4) is 0 Å². The number of fused-ring (bicyclic) bond motifs is 1. The zero-order chi connectivity index (χ0) is 57.3. The van der Waals surface area contributed by atoms with Crippen molar-refractivity contribution in [2.75, 3.05) is 31.6 Å². The van der Waals surface area contributed by atoms with Crippen LogP contribution in [0.2, 0.25) is 0 Å². The number of carbonyl (C=O) groups is 9. The molecule has 426 valence electrons. The van der Waals surface area contributed by atoms with Gasteiger partial charge in [-0.1, -0.05) is 52.3 Å². The van der Waals surface area contributed by atoms with Gasteiger partial charge in [0.1, 0.15) is 36.3 Å². The van der Waals surface area contributed by atoms with Gasteiger partial charge >= 0.3 is 5.97 Å². The molecule has 28 heteroatoms. The van der Waals surface area contributed by atoms with Crippen LogP contribution in [-0.4, -0.2) is 163 Å². The number of rotatable bonds is 34. The van der Waals surface area contributed by atoms with Gasteiger partial charge in [0.25, 0.3) is 0 Å². The Bertz CT molecular complexity index is 2640. The summed E-state index contributed by atoms with van der Waals surface area (Å²) in [7, 11) is 0. The monoisotopic (exact) mass is 1110 g/mol. The third-order valence-corrected chi connectivity index (χ3v) is 13.1. The second-order valence-electron chi connectivity index (χ2n) is 19.2. The van der Waals surface area contributed by atoms with Crippen molar-refractivity contribution in [3.63, 3.8) is 0 Å². The van der Waals surface area contributed by atoms with E-state index < -0.39 is 109 Å². The van der Waals surface area contributed by atoms with Crippen molar-refractivity contribution in [1.29, 1.82) is 0 Å². The number of nitrogens with zero attached hydrogens (tertiary/aromatic N) is 3. The fourth-order valence-electron chi connectivity index (χ4n) is 8.09. The van der Waals surface area contributed by atoms with Gasteiger partial charge in [0, 0.05) is 66.7 Å². The number of guanidine groups is 1. The summed E-state index contributed by atoms with van der Waals surface area (Å²) in [6.07, 6.45) is 10.1. The van der Waals surface area contributed by atoms with Crippen molar-refractivity contribution in [2.45, 2.75) is 121 Å². The van der Waals surface area contributed by atoms with E-state index in [9.17, 15) is 48.3 Å². The third-order valence-electron chi connectivity index (χ3n) is 12.5. The van der Waals surface area contributed by atoms with E-state index in [1.165, 1.54) is 36.8 Å². The summed E-state index contributed by atoms with van der Waals surface area (Å²) in [5.74, 6) is -7.48. The molecule has 0 radical (unpaired) electrons. The highest BCUT2D eigenvalue weighted by atomic mass is 32.2. The van der Waals surface area contributed by atoms with Crippen LogP contribution in [0, 0.1) is 11.8 Å². The number of aliphatic carboxylic acids is 1. The molecule has 0 unspecified atom stereocenters. The van der Waals surface area contributed by atoms with Crippen LogP contribution < -0.4 is 59.7 Å². The number of aromatic amines is 3. The molecule has 0 bridgehead atoms. The largest absolute Gasteiger partial charge is 0.480 e. The first-order valence-corrected chi connectivity index (χ1v) is 27.0. The molecule has 3 heterocycles. The quantitative estimate of drug-likeness (QED) is 0.0138. The first kappa shape index (κ1) is 62.5. The highest BCUT2D eigenvalue weighted by molar-refractivity contribution is 7.98. The summed E-state index contributed by atoms with van der Waals surface area (Å²) in [6.45, 7) is 6.09. The van der Waals surface area contributed by atoms with Crippen LogP contribution in [0.25, 0.3) is 10.9 Å². The summed E-state index contributed by atoms with van der Waals surface area (Å²) >= 11 is 1.38. The number of carboxylic acids is 1. The Morgan fingerprint density at radius 2 is 1.26 bits per heavy atom. The lowest BCUT2D eigenvalue weighted by Crippen LogP contribution is -2.59. The molecule has 0 aliphatic carbocycles. The highest BCUT2D eigenvalue weighted by Gasteiger charge is 2.34. The smallest absolute Gasteiger partial charge is 0.326 e. The number of nitrogens with one attached hydrogen (secondary N) is 11. The van der Waals surface area contributed by atoms with Crippen molar-refractivity contribution in [2.24, 2.45) is 34.0 Å². The molecular weight excluding hydrogens is 1030 g/mol. The number of nitrogens with two attached hydrogens (primary N) is 3. The van der Waals surface area contributed by atoms with Gasteiger partial charge in [0.2, 0.25) is 47.3 Å². The Balaban J connectivity index is 1.48. The number of carboxylic acid groups (broad SMARTS) is 1. The number of thioether (sulfide) groups is 1. The molecule has 4 rings (SSSR count). The molecule has 8 atom stereocenters. The number of H-pyrrole nitrogens is 3. The van der Waals surface area contributed by atoms with Crippen LogP contribution >= 0.6 is 11.8 Å². The van der Waals surface area contributed by atoms with Gasteiger partial charge in [0.05, 0.1) is 31.8 Å². The molecule has 0 fully saturated rings. The average Bonchev–Trinajstić information content (AvgIpc) is 4.21. The van der Waals surface area contributed by atoms with Crippen molar-refractivity contribution < 1.29 is 48.3 Å². The Hall–Kier alpha value is -8.01. The predicted molar refractivity (Wildman–Crippen MR) is 292 cm³/mol. The van der Waals surface area contributed by atoms with E-state index in [0.29, 0.717) is 29.1 Å². The molecule has 0 spiro atoms. The SMILES string of the molecule is CC[C@H](C)[C@H](NC(=O)[C@@H](N)Cc1cnc[nH]1)C(=O)N[C@@H](CC(C)C)C(=O)NCC(=O)N[C@@H](CCCN=C(N)N)C(=O)N[C@@H](CCSC)C(=O)N[C@@H](Cc1c[nH]c2ccccc12)C(=O)NCC(=O)N[C@@H](Cc1cnc[nH]1)C(=O)O. The second kappa shape index (κ2) is 31.9. The fourth-order valence-corrected chi connectivity index (χ4v) is 8.56. The number of benzene rings is 1.